The van der Waals surface area contributed by atoms with Gasteiger partial charge in [0.2, 0.25) is 0 Å². The van der Waals surface area contributed by atoms with Gasteiger partial charge in [0.15, 0.2) is 0 Å². The van der Waals surface area contributed by atoms with Crippen LogP contribution in [0.4, 0.5) is 11.4 Å². The van der Waals surface area contributed by atoms with E-state index < -0.39 is 5.60 Å². The number of fused-ring (bicyclic) bond motifs is 1. The van der Waals surface area contributed by atoms with E-state index in [4.69, 9.17) is 5.73 Å². The van der Waals surface area contributed by atoms with Gasteiger partial charge < -0.3 is 26.0 Å². The number of rotatable bonds is 5. The molecule has 2 aliphatic heterocycles. The van der Waals surface area contributed by atoms with Crippen molar-refractivity contribution in [3.05, 3.63) is 95.6 Å². The van der Waals surface area contributed by atoms with Gasteiger partial charge in [-0.3, -0.25) is 4.79 Å². The summed E-state index contributed by atoms with van der Waals surface area (Å²) in [5.74, 6) is -0.103. The minimum absolute atomic E-state index is 0.103. The molecular weight excluding hydrogens is 412 g/mol. The highest BCUT2D eigenvalue weighted by atomic mass is 16.3. The van der Waals surface area contributed by atoms with Crippen molar-refractivity contribution in [2.45, 2.75) is 24.6 Å². The normalized spacial score (nSPS) is 20.2. The first-order chi connectivity index (χ1) is 16.0. The van der Waals surface area contributed by atoms with Gasteiger partial charge in [-0.15, -0.1) is 0 Å². The number of hydrogen-bond donors (Lipinski definition) is 3. The van der Waals surface area contributed by atoms with Gasteiger partial charge in [-0.2, -0.15) is 0 Å². The van der Waals surface area contributed by atoms with E-state index in [2.05, 4.69) is 15.1 Å². The number of hydrogen-bond acceptors (Lipinski definition) is 5. The molecule has 3 aromatic carbocycles. The van der Waals surface area contributed by atoms with Gasteiger partial charge in [0.05, 0.1) is 16.9 Å². The lowest BCUT2D eigenvalue weighted by Crippen LogP contribution is -2.50. The first-order valence-electron chi connectivity index (χ1n) is 11.6. The number of benzene rings is 3. The number of amides is 1. The zero-order valence-corrected chi connectivity index (χ0v) is 18.7. The molecule has 170 valence electrons. The third-order valence-corrected chi connectivity index (χ3v) is 6.92. The zero-order chi connectivity index (χ0) is 22.8. The fourth-order valence-corrected chi connectivity index (χ4v) is 4.99. The Bertz CT molecular complexity index is 1110. The Balaban J connectivity index is 1.33. The summed E-state index contributed by atoms with van der Waals surface area (Å²) in [6.07, 6.45) is 1.19. The fraction of sp³-hybridized carbons (Fsp3) is 0.296. The van der Waals surface area contributed by atoms with E-state index in [1.807, 2.05) is 72.8 Å². The third-order valence-electron chi connectivity index (χ3n) is 6.92. The summed E-state index contributed by atoms with van der Waals surface area (Å²) >= 11 is 0. The number of aliphatic hydroxyl groups is 1. The minimum Gasteiger partial charge on any atom is -0.399 e. The number of nitrogens with two attached hydrogens (primary N) is 1. The van der Waals surface area contributed by atoms with Crippen molar-refractivity contribution in [1.82, 2.24) is 10.2 Å². The van der Waals surface area contributed by atoms with Crippen LogP contribution in [0.15, 0.2) is 78.9 Å². The lowest BCUT2D eigenvalue weighted by molar-refractivity contribution is -0.0253. The van der Waals surface area contributed by atoms with Crippen LogP contribution in [0.1, 0.15) is 40.5 Å². The van der Waals surface area contributed by atoms with Crippen LogP contribution in [0.3, 0.4) is 0 Å². The van der Waals surface area contributed by atoms with Crippen molar-refractivity contribution < 1.29 is 9.90 Å². The van der Waals surface area contributed by atoms with Crippen molar-refractivity contribution in [3.63, 3.8) is 0 Å². The standard InChI is InChI=1S/C27H30N4O2/c28-22-11-12-24-23(19-22)26(32)29-25(20-7-3-1-4-8-20)31(24)18-17-30-15-13-27(33,14-16-30)21-9-5-2-6-10-21/h1-12,19,25,33H,13-18,28H2,(H,29,32). The average Bonchev–Trinajstić information content (AvgIpc) is 2.86. The quantitative estimate of drug-likeness (QED) is 0.527. The van der Waals surface area contributed by atoms with Gasteiger partial charge in [0, 0.05) is 31.9 Å². The summed E-state index contributed by atoms with van der Waals surface area (Å²) < 4.78 is 0. The molecule has 6 heteroatoms. The lowest BCUT2D eigenvalue weighted by Gasteiger charge is -2.42. The second kappa shape index (κ2) is 8.89. The summed E-state index contributed by atoms with van der Waals surface area (Å²) in [4.78, 5) is 17.5. The van der Waals surface area contributed by atoms with Gasteiger partial charge >= 0.3 is 0 Å². The maximum atomic E-state index is 12.8. The van der Waals surface area contributed by atoms with Crippen LogP contribution in [0.25, 0.3) is 0 Å². The van der Waals surface area contributed by atoms with Crippen molar-refractivity contribution >= 4 is 17.3 Å². The Morgan fingerprint density at radius 2 is 1.61 bits per heavy atom. The molecule has 1 amide bonds. The highest BCUT2D eigenvalue weighted by Crippen LogP contribution is 2.35. The van der Waals surface area contributed by atoms with Crippen LogP contribution in [-0.2, 0) is 5.60 Å². The van der Waals surface area contributed by atoms with E-state index in [0.717, 1.165) is 43.0 Å². The van der Waals surface area contributed by atoms with Crippen molar-refractivity contribution in [1.29, 1.82) is 0 Å². The van der Waals surface area contributed by atoms with Crippen LogP contribution < -0.4 is 16.0 Å². The van der Waals surface area contributed by atoms with Crippen LogP contribution in [0.2, 0.25) is 0 Å². The van der Waals surface area contributed by atoms with E-state index in [0.29, 0.717) is 24.1 Å². The molecule has 33 heavy (non-hydrogen) atoms. The molecule has 2 aliphatic rings. The number of carbonyl (C=O) groups excluding carboxylic acids is 1. The van der Waals surface area contributed by atoms with Crippen molar-refractivity contribution in [2.75, 3.05) is 36.8 Å². The number of nitrogens with zero attached hydrogens (tertiary/aromatic N) is 2. The Morgan fingerprint density at radius 3 is 2.30 bits per heavy atom. The molecule has 0 aliphatic carbocycles. The van der Waals surface area contributed by atoms with Gasteiger partial charge in [-0.1, -0.05) is 60.7 Å². The second-order valence-corrected chi connectivity index (χ2v) is 9.00. The van der Waals surface area contributed by atoms with Crippen molar-refractivity contribution in [2.24, 2.45) is 0 Å². The monoisotopic (exact) mass is 442 g/mol. The lowest BCUT2D eigenvalue weighted by atomic mass is 9.84. The molecule has 4 N–H and O–H groups in total. The Morgan fingerprint density at radius 1 is 0.939 bits per heavy atom. The van der Waals surface area contributed by atoms with Gasteiger partial charge in [0.1, 0.15) is 6.17 Å². The topological polar surface area (TPSA) is 81.8 Å². The molecule has 1 saturated heterocycles. The van der Waals surface area contributed by atoms with Gasteiger partial charge in [-0.05, 0) is 42.2 Å². The second-order valence-electron chi connectivity index (χ2n) is 9.00. The molecule has 0 radical (unpaired) electrons. The molecule has 1 atom stereocenters. The Labute approximate surface area is 194 Å². The average molecular weight is 443 g/mol. The third kappa shape index (κ3) is 4.32. The van der Waals surface area contributed by atoms with Crippen LogP contribution in [-0.4, -0.2) is 42.1 Å². The summed E-state index contributed by atoms with van der Waals surface area (Å²) in [7, 11) is 0. The fourth-order valence-electron chi connectivity index (χ4n) is 4.99. The zero-order valence-electron chi connectivity index (χ0n) is 18.7. The molecule has 6 nitrogen and oxygen atoms in total. The highest BCUT2D eigenvalue weighted by Gasteiger charge is 2.35. The molecule has 0 spiro atoms. The summed E-state index contributed by atoms with van der Waals surface area (Å²) in [5, 5.41) is 14.3. The summed E-state index contributed by atoms with van der Waals surface area (Å²) in [6.45, 7) is 3.25. The predicted octanol–water partition coefficient (Wildman–Crippen LogP) is 3.50. The number of nitrogens with one attached hydrogen (secondary N) is 1. The molecule has 0 bridgehead atoms. The maximum absolute atomic E-state index is 12.8. The van der Waals surface area contributed by atoms with Gasteiger partial charge in [-0.25, -0.2) is 0 Å². The Hall–Kier alpha value is -3.35. The van der Waals surface area contributed by atoms with E-state index in [1.165, 1.54) is 0 Å². The van der Waals surface area contributed by atoms with Crippen LogP contribution in [0.5, 0.6) is 0 Å². The molecule has 5 rings (SSSR count). The highest BCUT2D eigenvalue weighted by molar-refractivity contribution is 6.02. The smallest absolute Gasteiger partial charge is 0.255 e. The molecule has 3 aromatic rings. The molecular formula is C27H30N4O2. The number of nitrogen functional groups attached to an aromatic ring is 1. The Kier molecular flexibility index (Phi) is 5.79. The van der Waals surface area contributed by atoms with E-state index in [9.17, 15) is 9.90 Å². The van der Waals surface area contributed by atoms with E-state index >= 15 is 0 Å². The van der Waals surface area contributed by atoms with Crippen LogP contribution >= 0.6 is 0 Å². The first kappa shape index (κ1) is 21.5. The SMILES string of the molecule is Nc1ccc2c(c1)C(=O)NC(c1ccccc1)N2CCN1CCC(O)(c2ccccc2)CC1. The predicted molar refractivity (Wildman–Crippen MR) is 131 cm³/mol. The molecule has 0 saturated carbocycles. The molecule has 1 fully saturated rings. The molecule has 0 aromatic heterocycles. The van der Waals surface area contributed by atoms with E-state index in [1.54, 1.807) is 6.07 Å². The summed E-state index contributed by atoms with van der Waals surface area (Å²) in [5.41, 5.74) is 9.35. The largest absolute Gasteiger partial charge is 0.399 e. The maximum Gasteiger partial charge on any atom is 0.255 e. The first-order valence-corrected chi connectivity index (χ1v) is 11.6. The minimum atomic E-state index is -0.756. The molecule has 2 heterocycles. The number of piperidine rings is 1. The van der Waals surface area contributed by atoms with Crippen LogP contribution in [0, 0.1) is 0 Å². The number of anilines is 2. The number of carbonyl (C=O) groups is 1. The van der Waals surface area contributed by atoms with Gasteiger partial charge in [0.25, 0.3) is 5.91 Å². The number of likely N-dealkylation sites (tertiary alicyclic amines) is 1. The van der Waals surface area contributed by atoms with E-state index in [-0.39, 0.29) is 12.1 Å². The molecule has 1 unspecified atom stereocenters. The van der Waals surface area contributed by atoms with Crippen molar-refractivity contribution in [3.8, 4) is 0 Å². The summed E-state index contributed by atoms with van der Waals surface area (Å²) in [6, 6.07) is 25.6.